The summed E-state index contributed by atoms with van der Waals surface area (Å²) in [5, 5.41) is 8.49. The molecule has 4 rings (SSSR count). The molecule has 0 saturated carbocycles. The van der Waals surface area contributed by atoms with Crippen LogP contribution in [0.4, 0.5) is 5.82 Å². The minimum atomic E-state index is 0.585. The van der Waals surface area contributed by atoms with E-state index >= 15 is 0 Å². The molecule has 0 spiro atoms. The molecule has 4 heterocycles. The van der Waals surface area contributed by atoms with Gasteiger partial charge in [0.05, 0.1) is 31.5 Å². The average molecular weight is 325 g/mol. The Balaban J connectivity index is 1.72. The molecule has 0 bridgehead atoms. The number of nitrogens with one attached hydrogen (secondary N) is 1. The van der Waals surface area contributed by atoms with E-state index in [-0.39, 0.29) is 0 Å². The summed E-state index contributed by atoms with van der Waals surface area (Å²) in [7, 11) is 0. The molecule has 1 fully saturated rings. The first-order chi connectivity index (χ1) is 11.8. The molecule has 3 aromatic heterocycles. The van der Waals surface area contributed by atoms with Gasteiger partial charge in [0.25, 0.3) is 0 Å². The largest absolute Gasteiger partial charge is 0.478 e. The second-order valence-corrected chi connectivity index (χ2v) is 5.58. The molecule has 0 aliphatic carbocycles. The topological polar surface area (TPSA) is 76.2 Å². The average Bonchev–Trinajstić information content (AvgIpc) is 3.06. The summed E-state index contributed by atoms with van der Waals surface area (Å²) < 4.78 is 10.9. The quantitative estimate of drug-likeness (QED) is 0.793. The van der Waals surface area contributed by atoms with Crippen LogP contribution in [0.15, 0.2) is 30.6 Å². The fourth-order valence-corrected chi connectivity index (χ4v) is 2.88. The van der Waals surface area contributed by atoms with Crippen LogP contribution in [-0.4, -0.2) is 53.1 Å². The molecule has 0 atom stereocenters. The van der Waals surface area contributed by atoms with Gasteiger partial charge in [-0.1, -0.05) is 0 Å². The second kappa shape index (κ2) is 6.45. The van der Waals surface area contributed by atoms with Crippen LogP contribution in [0.5, 0.6) is 5.88 Å². The standard InChI is InChI=1S/C17H19N5O2/c1-2-24-16-10-13-14(11-19-16)20-21-17(13)12-3-4-18-15(9-12)22-5-7-23-8-6-22/h3-4,9-11H,2,5-8H2,1H3,(H,20,21). The van der Waals surface area contributed by atoms with E-state index in [1.807, 2.05) is 25.3 Å². The molecule has 1 aliphatic heterocycles. The van der Waals surface area contributed by atoms with E-state index < -0.39 is 0 Å². The van der Waals surface area contributed by atoms with Crippen molar-refractivity contribution in [3.63, 3.8) is 0 Å². The molecule has 0 unspecified atom stereocenters. The molecule has 0 radical (unpaired) electrons. The summed E-state index contributed by atoms with van der Waals surface area (Å²) in [6.07, 6.45) is 3.58. The highest BCUT2D eigenvalue weighted by atomic mass is 16.5. The van der Waals surface area contributed by atoms with Gasteiger partial charge in [-0.05, 0) is 19.1 Å². The number of rotatable bonds is 4. The molecular weight excluding hydrogens is 306 g/mol. The SMILES string of the molecule is CCOc1cc2c(-c3ccnc(N4CCOCC4)c3)n[nH]c2cn1. The number of pyridine rings is 2. The normalized spacial score (nSPS) is 15.0. The summed E-state index contributed by atoms with van der Waals surface area (Å²) in [6.45, 7) is 5.72. The van der Waals surface area contributed by atoms with Crippen molar-refractivity contribution in [3.8, 4) is 17.1 Å². The predicted octanol–water partition coefficient (Wildman–Crippen LogP) is 2.26. The number of aromatic amines is 1. The maximum absolute atomic E-state index is 5.51. The van der Waals surface area contributed by atoms with Crippen molar-refractivity contribution < 1.29 is 9.47 Å². The lowest BCUT2D eigenvalue weighted by molar-refractivity contribution is 0.122. The third-order valence-corrected chi connectivity index (χ3v) is 4.07. The number of aromatic nitrogens is 4. The summed E-state index contributed by atoms with van der Waals surface area (Å²) in [5.41, 5.74) is 2.79. The predicted molar refractivity (Wildman–Crippen MR) is 91.3 cm³/mol. The minimum Gasteiger partial charge on any atom is -0.478 e. The Morgan fingerprint density at radius 2 is 2.12 bits per heavy atom. The molecule has 0 amide bonds. The highest BCUT2D eigenvalue weighted by Gasteiger charge is 2.15. The fraction of sp³-hybridized carbons (Fsp3) is 0.353. The maximum atomic E-state index is 5.51. The first kappa shape index (κ1) is 14.9. The van der Waals surface area contributed by atoms with Gasteiger partial charge >= 0.3 is 0 Å². The molecule has 1 saturated heterocycles. The van der Waals surface area contributed by atoms with E-state index in [9.17, 15) is 0 Å². The number of fused-ring (bicyclic) bond motifs is 1. The van der Waals surface area contributed by atoms with E-state index in [1.165, 1.54) is 0 Å². The molecule has 124 valence electrons. The Morgan fingerprint density at radius 3 is 2.96 bits per heavy atom. The van der Waals surface area contributed by atoms with Crippen molar-refractivity contribution >= 4 is 16.7 Å². The third-order valence-electron chi connectivity index (χ3n) is 4.07. The zero-order valence-corrected chi connectivity index (χ0v) is 13.5. The van der Waals surface area contributed by atoms with Crippen LogP contribution in [-0.2, 0) is 4.74 Å². The van der Waals surface area contributed by atoms with Gasteiger partial charge in [-0.2, -0.15) is 5.10 Å². The maximum Gasteiger partial charge on any atom is 0.213 e. The van der Waals surface area contributed by atoms with Crippen LogP contribution in [0.25, 0.3) is 22.2 Å². The Hall–Kier alpha value is -2.67. The fourth-order valence-electron chi connectivity index (χ4n) is 2.88. The summed E-state index contributed by atoms with van der Waals surface area (Å²) in [6, 6.07) is 5.97. The molecule has 1 N–H and O–H groups in total. The third kappa shape index (κ3) is 2.78. The van der Waals surface area contributed by atoms with Crippen LogP contribution in [0.2, 0.25) is 0 Å². The summed E-state index contributed by atoms with van der Waals surface area (Å²) in [4.78, 5) is 11.0. The molecule has 7 heteroatoms. The van der Waals surface area contributed by atoms with E-state index in [4.69, 9.17) is 9.47 Å². The molecule has 1 aliphatic rings. The Labute approximate surface area is 139 Å². The second-order valence-electron chi connectivity index (χ2n) is 5.58. The van der Waals surface area contributed by atoms with Crippen LogP contribution < -0.4 is 9.64 Å². The number of nitrogens with zero attached hydrogens (tertiary/aromatic N) is 4. The highest BCUT2D eigenvalue weighted by Crippen LogP contribution is 2.29. The Kier molecular flexibility index (Phi) is 4.00. The van der Waals surface area contributed by atoms with E-state index in [1.54, 1.807) is 6.20 Å². The van der Waals surface area contributed by atoms with Crippen LogP contribution in [0.1, 0.15) is 6.92 Å². The zero-order chi connectivity index (χ0) is 16.4. The lowest BCUT2D eigenvalue weighted by atomic mass is 10.1. The van der Waals surface area contributed by atoms with Crippen molar-refractivity contribution in [2.75, 3.05) is 37.8 Å². The first-order valence-corrected chi connectivity index (χ1v) is 8.11. The monoisotopic (exact) mass is 325 g/mol. The van der Waals surface area contributed by atoms with Crippen LogP contribution in [0.3, 0.4) is 0 Å². The number of hydrogen-bond donors (Lipinski definition) is 1. The number of hydrogen-bond acceptors (Lipinski definition) is 6. The van der Waals surface area contributed by atoms with E-state index in [0.717, 1.165) is 54.3 Å². The molecule has 3 aromatic rings. The van der Waals surface area contributed by atoms with Crippen molar-refractivity contribution in [2.24, 2.45) is 0 Å². The number of H-pyrrole nitrogens is 1. The van der Waals surface area contributed by atoms with Gasteiger partial charge in [-0.3, -0.25) is 5.10 Å². The van der Waals surface area contributed by atoms with Gasteiger partial charge in [-0.25, -0.2) is 9.97 Å². The summed E-state index contributed by atoms with van der Waals surface area (Å²) in [5.74, 6) is 1.56. The van der Waals surface area contributed by atoms with Gasteiger partial charge in [0.15, 0.2) is 0 Å². The summed E-state index contributed by atoms with van der Waals surface area (Å²) >= 11 is 0. The molecule has 24 heavy (non-hydrogen) atoms. The Bertz CT molecular complexity index is 842. The van der Waals surface area contributed by atoms with Crippen molar-refractivity contribution in [2.45, 2.75) is 6.92 Å². The van der Waals surface area contributed by atoms with Gasteiger partial charge in [-0.15, -0.1) is 0 Å². The minimum absolute atomic E-state index is 0.585. The smallest absolute Gasteiger partial charge is 0.213 e. The molecule has 0 aromatic carbocycles. The van der Waals surface area contributed by atoms with Crippen molar-refractivity contribution in [1.82, 2.24) is 20.2 Å². The van der Waals surface area contributed by atoms with Crippen LogP contribution in [0, 0.1) is 0 Å². The van der Waals surface area contributed by atoms with Crippen molar-refractivity contribution in [1.29, 1.82) is 0 Å². The first-order valence-electron chi connectivity index (χ1n) is 8.11. The van der Waals surface area contributed by atoms with Crippen LogP contribution >= 0.6 is 0 Å². The van der Waals surface area contributed by atoms with Gasteiger partial charge < -0.3 is 14.4 Å². The molecular formula is C17H19N5O2. The van der Waals surface area contributed by atoms with E-state index in [0.29, 0.717) is 12.5 Å². The van der Waals surface area contributed by atoms with Crippen molar-refractivity contribution in [3.05, 3.63) is 30.6 Å². The van der Waals surface area contributed by atoms with Gasteiger partial charge in [0.1, 0.15) is 11.5 Å². The zero-order valence-electron chi connectivity index (χ0n) is 13.5. The number of anilines is 1. The lowest BCUT2D eigenvalue weighted by Gasteiger charge is -2.27. The lowest BCUT2D eigenvalue weighted by Crippen LogP contribution is -2.36. The highest BCUT2D eigenvalue weighted by molar-refractivity contribution is 5.93. The number of ether oxygens (including phenoxy) is 2. The van der Waals surface area contributed by atoms with Gasteiger partial charge in [0, 0.05) is 36.3 Å². The molecule has 7 nitrogen and oxygen atoms in total. The Morgan fingerprint density at radius 1 is 1.25 bits per heavy atom. The van der Waals surface area contributed by atoms with Gasteiger partial charge in [0.2, 0.25) is 5.88 Å². The van der Waals surface area contributed by atoms with E-state index in [2.05, 4.69) is 31.1 Å². The number of morpholine rings is 1.